The summed E-state index contributed by atoms with van der Waals surface area (Å²) < 4.78 is 5.96. The second kappa shape index (κ2) is 5.78. The highest BCUT2D eigenvalue weighted by atomic mass is 16.5. The smallest absolute Gasteiger partial charge is 0.119 e. The van der Waals surface area contributed by atoms with Gasteiger partial charge in [0.15, 0.2) is 0 Å². The summed E-state index contributed by atoms with van der Waals surface area (Å²) in [5.74, 6) is 1.71. The zero-order chi connectivity index (χ0) is 16.7. The Balaban J connectivity index is 1.77. The van der Waals surface area contributed by atoms with Crippen molar-refractivity contribution in [1.82, 2.24) is 0 Å². The number of hydrogen-bond acceptors (Lipinski definition) is 2. The maximum atomic E-state index is 10.1. The van der Waals surface area contributed by atoms with Gasteiger partial charge in [0.05, 0.1) is 12.2 Å². The van der Waals surface area contributed by atoms with E-state index in [1.807, 2.05) is 13.8 Å². The van der Waals surface area contributed by atoms with Crippen molar-refractivity contribution < 1.29 is 9.84 Å². The Bertz CT molecular complexity index is 885. The van der Waals surface area contributed by atoms with Crippen LogP contribution in [0.2, 0.25) is 0 Å². The molecule has 1 fully saturated rings. The van der Waals surface area contributed by atoms with Gasteiger partial charge < -0.3 is 9.84 Å². The first-order chi connectivity index (χ1) is 11.5. The summed E-state index contributed by atoms with van der Waals surface area (Å²) in [5.41, 5.74) is 0.461. The largest absolute Gasteiger partial charge is 0.493 e. The van der Waals surface area contributed by atoms with Gasteiger partial charge >= 0.3 is 0 Å². The first kappa shape index (κ1) is 15.5. The van der Waals surface area contributed by atoms with Crippen LogP contribution in [-0.4, -0.2) is 17.3 Å². The summed E-state index contributed by atoms with van der Waals surface area (Å²) in [4.78, 5) is 0. The number of ether oxygens (including phenoxy) is 1. The molecule has 3 aromatic rings. The summed E-state index contributed by atoms with van der Waals surface area (Å²) in [7, 11) is 0. The van der Waals surface area contributed by atoms with Crippen LogP contribution in [0.5, 0.6) is 5.75 Å². The zero-order valence-corrected chi connectivity index (χ0v) is 14.4. The van der Waals surface area contributed by atoms with Crippen LogP contribution in [0, 0.1) is 5.92 Å². The number of fused-ring (bicyclic) bond motifs is 3. The predicted octanol–water partition coefficient (Wildman–Crippen LogP) is 5.10. The van der Waals surface area contributed by atoms with Gasteiger partial charge in [0.2, 0.25) is 0 Å². The molecule has 3 aromatic carbocycles. The van der Waals surface area contributed by atoms with E-state index >= 15 is 0 Å². The highest BCUT2D eigenvalue weighted by Crippen LogP contribution is 2.32. The monoisotopic (exact) mass is 320 g/mol. The molecular weight excluding hydrogens is 296 g/mol. The van der Waals surface area contributed by atoms with Gasteiger partial charge in [-0.1, -0.05) is 36.4 Å². The highest BCUT2D eigenvalue weighted by Gasteiger charge is 2.22. The lowest BCUT2D eigenvalue weighted by molar-refractivity contribution is 0.0810. The van der Waals surface area contributed by atoms with Gasteiger partial charge in [0.1, 0.15) is 5.75 Å². The van der Waals surface area contributed by atoms with Crippen LogP contribution >= 0.6 is 0 Å². The Hall–Kier alpha value is -2.06. The number of aliphatic hydroxyl groups is 1. The molecule has 0 unspecified atom stereocenters. The van der Waals surface area contributed by atoms with E-state index in [1.165, 1.54) is 34.4 Å². The van der Waals surface area contributed by atoms with Crippen LogP contribution in [0.1, 0.15) is 32.3 Å². The first-order valence-corrected chi connectivity index (χ1v) is 8.79. The minimum Gasteiger partial charge on any atom is -0.493 e. The molecular formula is C22H24O2. The fraction of sp³-hybridized carbons (Fsp3) is 0.364. The number of hydrogen-bond donors (Lipinski definition) is 1. The second-order valence-electron chi connectivity index (χ2n) is 7.75. The van der Waals surface area contributed by atoms with E-state index in [4.69, 9.17) is 4.74 Å². The Kier molecular flexibility index (Phi) is 3.73. The summed E-state index contributed by atoms with van der Waals surface area (Å²) in [6.07, 6.45) is 3.25. The lowest BCUT2D eigenvalue weighted by Crippen LogP contribution is -2.21. The van der Waals surface area contributed by atoms with Gasteiger partial charge in [-0.3, -0.25) is 0 Å². The molecule has 0 heterocycles. The average Bonchev–Trinajstić information content (AvgIpc) is 3.35. The molecule has 24 heavy (non-hydrogen) atoms. The predicted molar refractivity (Wildman–Crippen MR) is 99.7 cm³/mol. The van der Waals surface area contributed by atoms with Crippen molar-refractivity contribution in [1.29, 1.82) is 0 Å². The minimum atomic E-state index is -0.698. The SMILES string of the molecule is CC(C)(O)Cc1ccc2ccc3ccc(OCC4CC4)cc3c2c1. The Labute approximate surface area is 143 Å². The molecule has 1 saturated carbocycles. The lowest BCUT2D eigenvalue weighted by atomic mass is 9.94. The molecule has 0 spiro atoms. The van der Waals surface area contributed by atoms with Gasteiger partial charge in [0.25, 0.3) is 0 Å². The van der Waals surface area contributed by atoms with Crippen molar-refractivity contribution in [2.24, 2.45) is 5.92 Å². The fourth-order valence-corrected chi connectivity index (χ4v) is 3.27. The molecule has 0 saturated heterocycles. The fourth-order valence-electron chi connectivity index (χ4n) is 3.27. The van der Waals surface area contributed by atoms with E-state index in [-0.39, 0.29) is 0 Å². The zero-order valence-electron chi connectivity index (χ0n) is 14.4. The number of benzene rings is 3. The molecule has 1 aliphatic carbocycles. The van der Waals surface area contributed by atoms with Crippen molar-refractivity contribution in [2.45, 2.75) is 38.7 Å². The molecule has 0 aromatic heterocycles. The standard InChI is InChI=1S/C22H24O2/c1-22(2,23)13-16-5-6-17-7-8-18-9-10-19(24-14-15-3-4-15)12-21(18)20(17)11-16/h5-12,15,23H,3-4,13-14H2,1-2H3. The van der Waals surface area contributed by atoms with E-state index in [0.717, 1.165) is 23.8 Å². The molecule has 0 bridgehead atoms. The van der Waals surface area contributed by atoms with E-state index in [0.29, 0.717) is 6.42 Å². The molecule has 0 aliphatic heterocycles. The normalized spacial score (nSPS) is 15.1. The molecule has 0 radical (unpaired) electrons. The van der Waals surface area contributed by atoms with Crippen LogP contribution in [0.3, 0.4) is 0 Å². The number of rotatable bonds is 5. The lowest BCUT2D eigenvalue weighted by Gasteiger charge is -2.17. The molecule has 124 valence electrons. The molecule has 0 atom stereocenters. The van der Waals surface area contributed by atoms with Crippen LogP contribution in [0.15, 0.2) is 48.5 Å². The third-order valence-electron chi connectivity index (χ3n) is 4.69. The van der Waals surface area contributed by atoms with Gasteiger partial charge in [-0.2, -0.15) is 0 Å². The molecule has 4 rings (SSSR count). The Morgan fingerprint density at radius 2 is 1.58 bits per heavy atom. The maximum absolute atomic E-state index is 10.1. The van der Waals surface area contributed by atoms with Crippen LogP contribution in [0.25, 0.3) is 21.5 Å². The summed E-state index contributed by atoms with van der Waals surface area (Å²) >= 11 is 0. The van der Waals surface area contributed by atoms with Crippen molar-refractivity contribution >= 4 is 21.5 Å². The average molecular weight is 320 g/mol. The van der Waals surface area contributed by atoms with Crippen molar-refractivity contribution in [3.05, 3.63) is 54.1 Å². The van der Waals surface area contributed by atoms with Crippen LogP contribution in [0.4, 0.5) is 0 Å². The molecule has 2 heteroatoms. The van der Waals surface area contributed by atoms with Gasteiger partial charge in [-0.25, -0.2) is 0 Å². The van der Waals surface area contributed by atoms with Crippen LogP contribution < -0.4 is 4.74 Å². The van der Waals surface area contributed by atoms with Gasteiger partial charge in [0, 0.05) is 6.42 Å². The molecule has 1 aliphatic rings. The van der Waals surface area contributed by atoms with E-state index < -0.39 is 5.60 Å². The topological polar surface area (TPSA) is 29.5 Å². The van der Waals surface area contributed by atoms with Crippen LogP contribution in [-0.2, 0) is 6.42 Å². The maximum Gasteiger partial charge on any atom is 0.119 e. The van der Waals surface area contributed by atoms with Gasteiger partial charge in [-0.15, -0.1) is 0 Å². The first-order valence-electron chi connectivity index (χ1n) is 8.79. The second-order valence-corrected chi connectivity index (χ2v) is 7.75. The highest BCUT2D eigenvalue weighted by molar-refractivity contribution is 6.08. The van der Waals surface area contributed by atoms with E-state index in [2.05, 4.69) is 48.5 Å². The van der Waals surface area contributed by atoms with Crippen molar-refractivity contribution in [2.75, 3.05) is 6.61 Å². The van der Waals surface area contributed by atoms with E-state index in [9.17, 15) is 5.11 Å². The summed E-state index contributed by atoms with van der Waals surface area (Å²) in [6, 6.07) is 17.2. The Morgan fingerprint density at radius 3 is 2.25 bits per heavy atom. The van der Waals surface area contributed by atoms with Crippen molar-refractivity contribution in [3.8, 4) is 5.75 Å². The van der Waals surface area contributed by atoms with E-state index in [1.54, 1.807) is 0 Å². The molecule has 1 N–H and O–H groups in total. The summed E-state index contributed by atoms with van der Waals surface area (Å²) in [6.45, 7) is 4.54. The molecule has 2 nitrogen and oxygen atoms in total. The van der Waals surface area contributed by atoms with Gasteiger partial charge in [-0.05, 0) is 71.8 Å². The Morgan fingerprint density at radius 1 is 0.958 bits per heavy atom. The van der Waals surface area contributed by atoms with Crippen molar-refractivity contribution in [3.63, 3.8) is 0 Å². The quantitative estimate of drug-likeness (QED) is 0.663. The third-order valence-corrected chi connectivity index (χ3v) is 4.69. The summed E-state index contributed by atoms with van der Waals surface area (Å²) in [5, 5.41) is 15.0. The minimum absolute atomic E-state index is 0.650. The molecule has 0 amide bonds. The third kappa shape index (κ3) is 3.39.